The Bertz CT molecular complexity index is 687. The predicted octanol–water partition coefficient (Wildman–Crippen LogP) is 4.03. The van der Waals surface area contributed by atoms with Crippen molar-refractivity contribution in [2.75, 3.05) is 6.54 Å². The van der Waals surface area contributed by atoms with Gasteiger partial charge in [0.05, 0.1) is 16.2 Å². The van der Waals surface area contributed by atoms with E-state index in [2.05, 4.69) is 10.3 Å². The lowest BCUT2D eigenvalue weighted by Gasteiger charge is -2.30. The van der Waals surface area contributed by atoms with Gasteiger partial charge in [-0.15, -0.1) is 0 Å². The Morgan fingerprint density at radius 1 is 1.17 bits per heavy atom. The van der Waals surface area contributed by atoms with Crippen LogP contribution in [0.25, 0.3) is 10.9 Å². The molecule has 1 amide bonds. The quantitative estimate of drug-likeness (QED) is 0.793. The van der Waals surface area contributed by atoms with Crippen LogP contribution in [0.3, 0.4) is 0 Å². The third-order valence-corrected chi connectivity index (χ3v) is 5.18. The third-order valence-electron chi connectivity index (χ3n) is 4.78. The highest BCUT2D eigenvalue weighted by atomic mass is 35.5. The van der Waals surface area contributed by atoms with Gasteiger partial charge in [0.1, 0.15) is 0 Å². The van der Waals surface area contributed by atoms with Crippen LogP contribution in [0.4, 0.5) is 0 Å². The summed E-state index contributed by atoms with van der Waals surface area (Å²) in [6, 6.07) is 5.43. The van der Waals surface area contributed by atoms with Crippen molar-refractivity contribution in [2.24, 2.45) is 0 Å². The molecule has 5 heteroatoms. The number of hydrogen-bond donors (Lipinski definition) is 3. The van der Waals surface area contributed by atoms with Crippen molar-refractivity contribution in [3.05, 3.63) is 35.0 Å². The van der Waals surface area contributed by atoms with Crippen molar-refractivity contribution in [2.45, 2.75) is 50.5 Å². The van der Waals surface area contributed by atoms with Crippen molar-refractivity contribution in [1.82, 2.24) is 10.3 Å². The van der Waals surface area contributed by atoms with Crippen LogP contribution in [0.1, 0.15) is 55.3 Å². The number of hydrogen-bond acceptors (Lipinski definition) is 2. The van der Waals surface area contributed by atoms with Crippen LogP contribution in [-0.2, 0) is 0 Å². The van der Waals surface area contributed by atoms with Gasteiger partial charge in [-0.05, 0) is 31.0 Å². The molecule has 2 aromatic rings. The second kappa shape index (κ2) is 6.93. The highest BCUT2D eigenvalue weighted by Crippen LogP contribution is 2.28. The second-order valence-electron chi connectivity index (χ2n) is 6.54. The minimum atomic E-state index is -0.791. The summed E-state index contributed by atoms with van der Waals surface area (Å²) in [5, 5.41) is 14.9. The summed E-state index contributed by atoms with van der Waals surface area (Å²) >= 11 is 6.34. The molecule has 1 aliphatic carbocycles. The lowest BCUT2D eigenvalue weighted by atomic mass is 9.87. The van der Waals surface area contributed by atoms with E-state index in [9.17, 15) is 9.90 Å². The van der Waals surface area contributed by atoms with Crippen LogP contribution < -0.4 is 5.32 Å². The molecule has 1 aromatic carbocycles. The Labute approximate surface area is 141 Å². The minimum Gasteiger partial charge on any atom is -0.388 e. The van der Waals surface area contributed by atoms with E-state index >= 15 is 0 Å². The van der Waals surface area contributed by atoms with Gasteiger partial charge in [0.15, 0.2) is 0 Å². The lowest BCUT2D eigenvalue weighted by molar-refractivity contribution is 0.0146. The molecular weight excluding hydrogens is 312 g/mol. The first kappa shape index (κ1) is 16.3. The predicted molar refractivity (Wildman–Crippen MR) is 92.9 cm³/mol. The van der Waals surface area contributed by atoms with Crippen LogP contribution >= 0.6 is 11.6 Å². The van der Waals surface area contributed by atoms with Gasteiger partial charge in [-0.3, -0.25) is 4.79 Å². The number of amides is 1. The molecule has 23 heavy (non-hydrogen) atoms. The zero-order valence-corrected chi connectivity index (χ0v) is 14.0. The number of aromatic nitrogens is 1. The van der Waals surface area contributed by atoms with E-state index in [1.807, 2.05) is 12.1 Å². The summed E-state index contributed by atoms with van der Waals surface area (Å²) in [5.74, 6) is -0.228. The molecule has 0 radical (unpaired) electrons. The van der Waals surface area contributed by atoms with E-state index in [-0.39, 0.29) is 12.5 Å². The van der Waals surface area contributed by atoms with Gasteiger partial charge in [0.25, 0.3) is 5.91 Å². The SMILES string of the molecule is O=C(NCC1(O)CCCCCCC1)c1ccc2[nH]ccc2c1Cl. The Balaban J connectivity index is 1.69. The minimum absolute atomic E-state index is 0.228. The first-order valence-electron chi connectivity index (χ1n) is 8.35. The van der Waals surface area contributed by atoms with Crippen molar-refractivity contribution < 1.29 is 9.90 Å². The Morgan fingerprint density at radius 2 is 1.87 bits per heavy atom. The van der Waals surface area contributed by atoms with Crippen LogP contribution in [0.5, 0.6) is 0 Å². The van der Waals surface area contributed by atoms with Crippen molar-refractivity contribution in [1.29, 1.82) is 0 Å². The second-order valence-corrected chi connectivity index (χ2v) is 6.92. The number of H-pyrrole nitrogens is 1. The van der Waals surface area contributed by atoms with E-state index in [0.717, 1.165) is 49.4 Å². The van der Waals surface area contributed by atoms with E-state index in [1.54, 1.807) is 12.3 Å². The highest BCUT2D eigenvalue weighted by molar-refractivity contribution is 6.38. The Morgan fingerprint density at radius 3 is 2.61 bits per heavy atom. The van der Waals surface area contributed by atoms with Crippen LogP contribution in [0.15, 0.2) is 24.4 Å². The molecule has 1 fully saturated rings. The lowest BCUT2D eigenvalue weighted by Crippen LogP contribution is -2.43. The summed E-state index contributed by atoms with van der Waals surface area (Å²) in [4.78, 5) is 15.5. The molecule has 3 rings (SSSR count). The molecule has 0 unspecified atom stereocenters. The first-order valence-corrected chi connectivity index (χ1v) is 8.73. The summed E-state index contributed by atoms with van der Waals surface area (Å²) in [7, 11) is 0. The van der Waals surface area contributed by atoms with Gasteiger partial charge in [0.2, 0.25) is 0 Å². The molecule has 0 saturated heterocycles. The van der Waals surface area contributed by atoms with Crippen LogP contribution in [-0.4, -0.2) is 28.1 Å². The molecule has 1 aromatic heterocycles. The number of fused-ring (bicyclic) bond motifs is 1. The normalized spacial score (nSPS) is 18.3. The number of aliphatic hydroxyl groups is 1. The first-order chi connectivity index (χ1) is 11.1. The summed E-state index contributed by atoms with van der Waals surface area (Å²) in [6.45, 7) is 0.285. The number of carbonyl (C=O) groups excluding carboxylic acids is 1. The highest BCUT2D eigenvalue weighted by Gasteiger charge is 2.28. The maximum atomic E-state index is 12.5. The summed E-state index contributed by atoms with van der Waals surface area (Å²) < 4.78 is 0. The van der Waals surface area contributed by atoms with Gasteiger partial charge in [0, 0.05) is 23.6 Å². The molecule has 0 atom stereocenters. The number of rotatable bonds is 3. The number of benzene rings is 1. The maximum Gasteiger partial charge on any atom is 0.252 e. The molecule has 3 N–H and O–H groups in total. The van der Waals surface area contributed by atoms with Gasteiger partial charge in [-0.2, -0.15) is 0 Å². The number of carbonyl (C=O) groups is 1. The molecule has 0 bridgehead atoms. The summed E-state index contributed by atoms with van der Waals surface area (Å²) in [5.41, 5.74) is 0.569. The zero-order chi connectivity index (χ0) is 16.3. The number of aromatic amines is 1. The van der Waals surface area contributed by atoms with E-state index in [1.165, 1.54) is 6.42 Å². The van der Waals surface area contributed by atoms with Crippen LogP contribution in [0.2, 0.25) is 5.02 Å². The average molecular weight is 335 g/mol. The molecule has 1 heterocycles. The number of nitrogens with one attached hydrogen (secondary N) is 2. The van der Waals surface area contributed by atoms with Gasteiger partial charge >= 0.3 is 0 Å². The smallest absolute Gasteiger partial charge is 0.252 e. The molecule has 0 spiro atoms. The van der Waals surface area contributed by atoms with Gasteiger partial charge < -0.3 is 15.4 Å². The fourth-order valence-electron chi connectivity index (χ4n) is 3.35. The van der Waals surface area contributed by atoms with Crippen molar-refractivity contribution >= 4 is 28.4 Å². The Kier molecular flexibility index (Phi) is 4.93. The zero-order valence-electron chi connectivity index (χ0n) is 13.2. The Hall–Kier alpha value is -1.52. The van der Waals surface area contributed by atoms with Crippen molar-refractivity contribution in [3.8, 4) is 0 Å². The largest absolute Gasteiger partial charge is 0.388 e. The third kappa shape index (κ3) is 3.70. The fraction of sp³-hybridized carbons (Fsp3) is 0.500. The molecule has 1 saturated carbocycles. The number of halogens is 1. The summed E-state index contributed by atoms with van der Waals surface area (Å²) in [6.07, 6.45) is 8.89. The molecule has 0 aliphatic heterocycles. The van der Waals surface area contributed by atoms with Crippen LogP contribution in [0, 0.1) is 0 Å². The van der Waals surface area contributed by atoms with Gasteiger partial charge in [-0.1, -0.05) is 43.7 Å². The average Bonchev–Trinajstić information content (AvgIpc) is 2.99. The molecule has 4 nitrogen and oxygen atoms in total. The standard InChI is InChI=1S/C18H23ClN2O2/c19-16-13-8-11-20-15(13)7-6-14(16)17(22)21-12-18(23)9-4-2-1-3-5-10-18/h6-8,11,20,23H,1-5,9-10,12H2,(H,21,22). The van der Waals surface area contributed by atoms with Crippen molar-refractivity contribution in [3.63, 3.8) is 0 Å². The molecule has 1 aliphatic rings. The maximum absolute atomic E-state index is 12.5. The van der Waals surface area contributed by atoms with E-state index in [0.29, 0.717) is 10.6 Å². The fourth-order valence-corrected chi connectivity index (χ4v) is 3.67. The molecule has 124 valence electrons. The monoisotopic (exact) mass is 334 g/mol. The van der Waals surface area contributed by atoms with Gasteiger partial charge in [-0.25, -0.2) is 0 Å². The van der Waals surface area contributed by atoms with E-state index in [4.69, 9.17) is 11.6 Å². The topological polar surface area (TPSA) is 65.1 Å². The molecular formula is C18H23ClN2O2. The van der Waals surface area contributed by atoms with E-state index < -0.39 is 5.60 Å².